The maximum absolute atomic E-state index is 12.4. The number of hydrogen-bond donors (Lipinski definition) is 0. The third kappa shape index (κ3) is 2.67. The summed E-state index contributed by atoms with van der Waals surface area (Å²) >= 11 is 0. The molecule has 1 heterocycles. The summed E-state index contributed by atoms with van der Waals surface area (Å²) in [6.07, 6.45) is -0.195. The molecule has 1 aliphatic heterocycles. The van der Waals surface area contributed by atoms with Gasteiger partial charge in [0.15, 0.2) is 0 Å². The molecule has 0 aliphatic carbocycles. The lowest BCUT2D eigenvalue weighted by atomic mass is 10.1. The maximum Gasteiger partial charge on any atom is 0.535 e. The molecule has 0 amide bonds. The van der Waals surface area contributed by atoms with Crippen LogP contribution in [0.25, 0.3) is 0 Å². The van der Waals surface area contributed by atoms with E-state index in [1.807, 2.05) is 19.9 Å². The number of rotatable bonds is 2. The number of halogens is 2. The van der Waals surface area contributed by atoms with Gasteiger partial charge in [-0.25, -0.2) is 0 Å². The van der Waals surface area contributed by atoms with Gasteiger partial charge in [0.2, 0.25) is 0 Å². The SMILES string of the molecule is C=C(C=C1COC(F)(F)O1)C(C)=CC. The zero-order valence-electron chi connectivity index (χ0n) is 8.14. The average molecular weight is 202 g/mol. The van der Waals surface area contributed by atoms with Crippen molar-refractivity contribution >= 4 is 0 Å². The van der Waals surface area contributed by atoms with E-state index in [9.17, 15) is 8.78 Å². The van der Waals surface area contributed by atoms with Gasteiger partial charge in [-0.3, -0.25) is 4.74 Å². The molecule has 0 bridgehead atoms. The van der Waals surface area contributed by atoms with Crippen LogP contribution >= 0.6 is 0 Å². The van der Waals surface area contributed by atoms with Crippen LogP contribution in [-0.2, 0) is 9.47 Å². The zero-order chi connectivity index (χ0) is 10.8. The van der Waals surface area contributed by atoms with E-state index in [2.05, 4.69) is 16.1 Å². The first-order valence-electron chi connectivity index (χ1n) is 4.18. The highest BCUT2D eigenvalue weighted by molar-refractivity contribution is 5.36. The molecule has 0 unspecified atom stereocenters. The van der Waals surface area contributed by atoms with Gasteiger partial charge in [-0.05, 0) is 31.1 Å². The van der Waals surface area contributed by atoms with Gasteiger partial charge in [0.25, 0.3) is 0 Å². The van der Waals surface area contributed by atoms with Gasteiger partial charge in [0.1, 0.15) is 12.4 Å². The highest BCUT2D eigenvalue weighted by Gasteiger charge is 2.40. The molecule has 0 radical (unpaired) electrons. The smallest absolute Gasteiger partial charge is 0.411 e. The van der Waals surface area contributed by atoms with Crippen LogP contribution < -0.4 is 0 Å². The standard InChI is InChI=1S/C10H12F2O2/c1-4-7(2)8(3)5-9-6-13-10(11,12)14-9/h4-5H,3,6H2,1-2H3. The molecule has 78 valence electrons. The zero-order valence-corrected chi connectivity index (χ0v) is 8.14. The molecule has 1 aliphatic rings. The quantitative estimate of drug-likeness (QED) is 0.641. The molecule has 1 fully saturated rings. The highest BCUT2D eigenvalue weighted by atomic mass is 19.3. The van der Waals surface area contributed by atoms with Crippen LogP contribution in [0.15, 0.2) is 35.6 Å². The second-order valence-corrected chi connectivity index (χ2v) is 2.96. The predicted molar refractivity (Wildman–Crippen MR) is 48.6 cm³/mol. The molecule has 0 saturated carbocycles. The van der Waals surface area contributed by atoms with Crippen LogP contribution in [0.2, 0.25) is 0 Å². The molecular weight excluding hydrogens is 190 g/mol. The molecule has 0 atom stereocenters. The van der Waals surface area contributed by atoms with Gasteiger partial charge < -0.3 is 4.74 Å². The van der Waals surface area contributed by atoms with Crippen LogP contribution in [0.1, 0.15) is 13.8 Å². The van der Waals surface area contributed by atoms with Crippen molar-refractivity contribution in [1.82, 2.24) is 0 Å². The first-order valence-corrected chi connectivity index (χ1v) is 4.18. The second-order valence-electron chi connectivity index (χ2n) is 2.96. The number of ether oxygens (including phenoxy) is 2. The van der Waals surface area contributed by atoms with Crippen LogP contribution in [0, 0.1) is 0 Å². The monoisotopic (exact) mass is 202 g/mol. The van der Waals surface area contributed by atoms with Crippen molar-refractivity contribution in [2.24, 2.45) is 0 Å². The number of allylic oxidation sites excluding steroid dienone is 4. The number of alkyl halides is 2. The Morgan fingerprint density at radius 3 is 2.64 bits per heavy atom. The predicted octanol–water partition coefficient (Wildman–Crippen LogP) is 2.99. The highest BCUT2D eigenvalue weighted by Crippen LogP contribution is 2.29. The summed E-state index contributed by atoms with van der Waals surface area (Å²) in [7, 11) is 0. The lowest BCUT2D eigenvalue weighted by Gasteiger charge is -2.05. The van der Waals surface area contributed by atoms with E-state index in [1.54, 1.807) is 0 Å². The molecule has 2 nitrogen and oxygen atoms in total. The Kier molecular flexibility index (Phi) is 3.06. The van der Waals surface area contributed by atoms with Crippen LogP contribution in [-0.4, -0.2) is 12.9 Å². The van der Waals surface area contributed by atoms with Gasteiger partial charge in [-0.15, -0.1) is 8.78 Å². The summed E-state index contributed by atoms with van der Waals surface area (Å²) in [5, 5.41) is 0. The number of hydrogen-bond acceptors (Lipinski definition) is 2. The minimum atomic E-state index is -3.49. The summed E-state index contributed by atoms with van der Waals surface area (Å²) in [5.74, 6) is 0.0983. The molecule has 0 spiro atoms. The van der Waals surface area contributed by atoms with Crippen molar-refractivity contribution in [2.45, 2.75) is 20.1 Å². The molecular formula is C10H12F2O2. The van der Waals surface area contributed by atoms with Gasteiger partial charge in [0, 0.05) is 0 Å². The molecule has 14 heavy (non-hydrogen) atoms. The largest absolute Gasteiger partial charge is 0.535 e. The minimum absolute atomic E-state index is 0.0983. The van der Waals surface area contributed by atoms with E-state index in [0.29, 0.717) is 5.57 Å². The molecule has 1 rings (SSSR count). The Hall–Kier alpha value is -1.16. The topological polar surface area (TPSA) is 18.5 Å². The van der Waals surface area contributed by atoms with Crippen LogP contribution in [0.3, 0.4) is 0 Å². The summed E-state index contributed by atoms with van der Waals surface area (Å²) in [4.78, 5) is 0. The Bertz CT molecular complexity index is 303. The lowest BCUT2D eigenvalue weighted by molar-refractivity contribution is -0.334. The van der Waals surface area contributed by atoms with Gasteiger partial charge in [0.05, 0.1) is 0 Å². The lowest BCUT2D eigenvalue weighted by Crippen LogP contribution is -2.14. The second kappa shape index (κ2) is 3.92. The fourth-order valence-corrected chi connectivity index (χ4v) is 0.931. The van der Waals surface area contributed by atoms with E-state index in [-0.39, 0.29) is 12.4 Å². The van der Waals surface area contributed by atoms with Crippen molar-refractivity contribution in [2.75, 3.05) is 6.61 Å². The third-order valence-electron chi connectivity index (χ3n) is 1.91. The van der Waals surface area contributed by atoms with Crippen molar-refractivity contribution in [1.29, 1.82) is 0 Å². The van der Waals surface area contributed by atoms with E-state index in [4.69, 9.17) is 0 Å². The molecule has 0 N–H and O–H groups in total. The molecule has 0 aromatic heterocycles. The fraction of sp³-hybridized carbons (Fsp3) is 0.400. The molecule has 0 aromatic carbocycles. The summed E-state index contributed by atoms with van der Waals surface area (Å²) in [6, 6.07) is 0. The van der Waals surface area contributed by atoms with E-state index >= 15 is 0 Å². The fourth-order valence-electron chi connectivity index (χ4n) is 0.931. The van der Waals surface area contributed by atoms with Gasteiger partial charge in [-0.2, -0.15) is 0 Å². The summed E-state index contributed by atoms with van der Waals surface area (Å²) in [6.45, 7) is 7.18. The van der Waals surface area contributed by atoms with E-state index < -0.39 is 6.29 Å². The van der Waals surface area contributed by atoms with Crippen molar-refractivity contribution in [3.05, 3.63) is 35.6 Å². The normalized spacial score (nSPS) is 23.7. The first kappa shape index (κ1) is 10.9. The Labute approximate surface area is 81.5 Å². The minimum Gasteiger partial charge on any atom is -0.411 e. The Morgan fingerprint density at radius 1 is 1.57 bits per heavy atom. The van der Waals surface area contributed by atoms with Crippen LogP contribution in [0.5, 0.6) is 0 Å². The Balaban J connectivity index is 2.68. The van der Waals surface area contributed by atoms with E-state index in [0.717, 1.165) is 5.57 Å². The van der Waals surface area contributed by atoms with E-state index in [1.165, 1.54) is 6.08 Å². The van der Waals surface area contributed by atoms with Crippen molar-refractivity contribution in [3.63, 3.8) is 0 Å². The maximum atomic E-state index is 12.4. The van der Waals surface area contributed by atoms with Gasteiger partial charge in [-0.1, -0.05) is 12.7 Å². The van der Waals surface area contributed by atoms with Crippen molar-refractivity contribution < 1.29 is 18.3 Å². The first-order chi connectivity index (χ1) is 6.44. The summed E-state index contributed by atoms with van der Waals surface area (Å²) < 4.78 is 33.1. The molecule has 0 aromatic rings. The van der Waals surface area contributed by atoms with Crippen LogP contribution in [0.4, 0.5) is 8.78 Å². The third-order valence-corrected chi connectivity index (χ3v) is 1.91. The van der Waals surface area contributed by atoms with Crippen molar-refractivity contribution in [3.8, 4) is 0 Å². The molecule has 1 saturated heterocycles. The Morgan fingerprint density at radius 2 is 2.21 bits per heavy atom. The van der Waals surface area contributed by atoms with Gasteiger partial charge >= 0.3 is 6.29 Å². The summed E-state index contributed by atoms with van der Waals surface area (Å²) in [5.41, 5.74) is 1.56. The molecule has 4 heteroatoms. The average Bonchev–Trinajstić information content (AvgIpc) is 2.44.